The first-order chi connectivity index (χ1) is 6.31. The summed E-state index contributed by atoms with van der Waals surface area (Å²) in [5.74, 6) is 0. The van der Waals surface area contributed by atoms with Crippen molar-refractivity contribution in [3.8, 4) is 0 Å². The molecule has 0 fully saturated rings. The largest absolute Gasteiger partial charge is 0.418 e. The molecule has 0 N–H and O–H groups in total. The van der Waals surface area contributed by atoms with Gasteiger partial charge < -0.3 is 0 Å². The summed E-state index contributed by atoms with van der Waals surface area (Å²) < 4.78 is 70.6. The van der Waals surface area contributed by atoms with Crippen LogP contribution in [0.5, 0.6) is 0 Å². The predicted molar refractivity (Wildman–Crippen MR) is 53.6 cm³/mol. The molecule has 0 saturated carbocycles. The first-order valence-corrected chi connectivity index (χ1v) is 5.35. The molecule has 0 heterocycles. The van der Waals surface area contributed by atoms with Gasteiger partial charge in [-0.05, 0) is 29.0 Å². The number of alkyl halides is 9. The zero-order chi connectivity index (χ0) is 12.7. The molecule has 0 rings (SSSR count). The van der Waals surface area contributed by atoms with Crippen LogP contribution in [0.4, 0.5) is 26.3 Å². The summed E-state index contributed by atoms with van der Waals surface area (Å²) in [4.78, 5) is -3.54. The molecule has 0 amide bonds. The van der Waals surface area contributed by atoms with E-state index in [0.717, 1.165) is 6.92 Å². The third kappa shape index (κ3) is 2.59. The van der Waals surface area contributed by atoms with E-state index in [1.54, 1.807) is 0 Å². The lowest BCUT2D eigenvalue weighted by atomic mass is 9.99. The first-order valence-electron chi connectivity index (χ1n) is 3.51. The molecule has 92 valence electrons. The summed E-state index contributed by atoms with van der Waals surface area (Å²) in [5, 5.41) is 0. The van der Waals surface area contributed by atoms with Crippen molar-refractivity contribution in [1.82, 2.24) is 0 Å². The molecule has 9 heteroatoms. The van der Waals surface area contributed by atoms with Crippen molar-refractivity contribution >= 4 is 45.8 Å². The zero-order valence-electron chi connectivity index (χ0n) is 7.11. The Morgan fingerprint density at radius 3 is 1.33 bits per heavy atom. The second kappa shape index (κ2) is 4.29. The Hall–Kier alpha value is 0.890. The fraction of sp³-hybridized carbons (Fsp3) is 1.00. The van der Waals surface area contributed by atoms with Crippen molar-refractivity contribution in [3.63, 3.8) is 0 Å². The minimum absolute atomic E-state index is 0.475. The van der Waals surface area contributed by atoms with Gasteiger partial charge in [0.15, 0.2) is 4.87 Å². The van der Waals surface area contributed by atoms with Crippen molar-refractivity contribution in [2.75, 3.05) is 0 Å². The first kappa shape index (κ1) is 15.9. The molecule has 0 aromatic rings. The predicted octanol–water partition coefficient (Wildman–Crippen LogP) is 4.87. The average molecular weight is 389 g/mol. The molecular formula is C6H5Cl2F6I. The van der Waals surface area contributed by atoms with Crippen LogP contribution in [-0.2, 0) is 0 Å². The standard InChI is InChI=1S/C6H5Cl2F6I/c1-2-3(7,5(9,10)11)4(8,15)6(12,13)14/h2H2,1H3. The van der Waals surface area contributed by atoms with Crippen LogP contribution in [-0.4, -0.2) is 20.1 Å². The Morgan fingerprint density at radius 2 is 1.27 bits per heavy atom. The van der Waals surface area contributed by atoms with E-state index < -0.39 is 26.5 Å². The molecule has 0 bridgehead atoms. The van der Waals surface area contributed by atoms with E-state index in [0.29, 0.717) is 22.6 Å². The van der Waals surface area contributed by atoms with Gasteiger partial charge in [-0.15, -0.1) is 11.6 Å². The van der Waals surface area contributed by atoms with Gasteiger partial charge in [0.2, 0.25) is 2.88 Å². The van der Waals surface area contributed by atoms with Crippen LogP contribution in [0.15, 0.2) is 0 Å². The van der Waals surface area contributed by atoms with Crippen molar-refractivity contribution in [2.45, 2.75) is 33.5 Å². The van der Waals surface area contributed by atoms with Gasteiger partial charge in [0, 0.05) is 0 Å². The highest BCUT2D eigenvalue weighted by molar-refractivity contribution is 14.1. The summed E-state index contributed by atoms with van der Waals surface area (Å²) in [6, 6.07) is 0. The smallest absolute Gasteiger partial charge is 0.169 e. The van der Waals surface area contributed by atoms with Gasteiger partial charge in [-0.25, -0.2) is 0 Å². The minimum atomic E-state index is -5.26. The van der Waals surface area contributed by atoms with Crippen LogP contribution in [0.2, 0.25) is 0 Å². The quantitative estimate of drug-likeness (QED) is 0.359. The summed E-state index contributed by atoms with van der Waals surface area (Å²) in [7, 11) is 0. The van der Waals surface area contributed by atoms with Crippen LogP contribution in [0.3, 0.4) is 0 Å². The van der Waals surface area contributed by atoms with Gasteiger partial charge in [0.25, 0.3) is 0 Å². The van der Waals surface area contributed by atoms with Crippen molar-refractivity contribution in [3.05, 3.63) is 0 Å². The summed E-state index contributed by atoms with van der Waals surface area (Å²) in [6.07, 6.45) is -11.5. The lowest BCUT2D eigenvalue weighted by Gasteiger charge is -2.39. The van der Waals surface area contributed by atoms with Crippen molar-refractivity contribution in [2.24, 2.45) is 0 Å². The number of halogens is 9. The van der Waals surface area contributed by atoms with Gasteiger partial charge in [-0.3, -0.25) is 0 Å². The molecule has 0 radical (unpaired) electrons. The highest BCUT2D eigenvalue weighted by atomic mass is 127. The van der Waals surface area contributed by atoms with E-state index in [1.807, 2.05) is 0 Å². The SMILES string of the molecule is CCC(Cl)(C(F)(F)F)C(Cl)(I)C(F)(F)F. The third-order valence-corrected chi connectivity index (χ3v) is 5.04. The Balaban J connectivity index is 5.50. The molecule has 0 aliphatic carbocycles. The van der Waals surface area contributed by atoms with Crippen LogP contribution < -0.4 is 0 Å². The van der Waals surface area contributed by atoms with Gasteiger partial charge in [0.1, 0.15) is 0 Å². The summed E-state index contributed by atoms with van der Waals surface area (Å²) >= 11 is 10.4. The van der Waals surface area contributed by atoms with E-state index in [1.165, 1.54) is 0 Å². The number of rotatable bonds is 2. The molecule has 0 aromatic carbocycles. The van der Waals surface area contributed by atoms with Crippen LogP contribution in [0.1, 0.15) is 13.3 Å². The molecule has 0 spiro atoms. The third-order valence-electron chi connectivity index (χ3n) is 1.79. The Labute approximate surface area is 105 Å². The van der Waals surface area contributed by atoms with E-state index in [-0.39, 0.29) is 0 Å². The van der Waals surface area contributed by atoms with Crippen LogP contribution in [0.25, 0.3) is 0 Å². The van der Waals surface area contributed by atoms with Gasteiger partial charge in [-0.1, -0.05) is 18.5 Å². The van der Waals surface area contributed by atoms with Gasteiger partial charge in [-0.2, -0.15) is 26.3 Å². The zero-order valence-corrected chi connectivity index (χ0v) is 10.8. The van der Waals surface area contributed by atoms with Crippen LogP contribution in [0, 0.1) is 0 Å². The molecule has 0 saturated heterocycles. The summed E-state index contributed by atoms with van der Waals surface area (Å²) in [5.41, 5.74) is 0. The van der Waals surface area contributed by atoms with E-state index >= 15 is 0 Å². The van der Waals surface area contributed by atoms with E-state index in [4.69, 9.17) is 23.2 Å². The Kier molecular flexibility index (Phi) is 4.54. The highest BCUT2D eigenvalue weighted by Crippen LogP contribution is 2.59. The minimum Gasteiger partial charge on any atom is -0.169 e. The molecule has 0 aromatic heterocycles. The van der Waals surface area contributed by atoms with E-state index in [9.17, 15) is 26.3 Å². The fourth-order valence-corrected chi connectivity index (χ4v) is 1.86. The molecule has 2 atom stereocenters. The molecule has 15 heavy (non-hydrogen) atoms. The Morgan fingerprint density at radius 1 is 0.933 bits per heavy atom. The maximum absolute atomic E-state index is 12.4. The maximum Gasteiger partial charge on any atom is 0.418 e. The lowest BCUT2D eigenvalue weighted by Crippen LogP contribution is -2.59. The average Bonchev–Trinajstić information content (AvgIpc) is 1.98. The van der Waals surface area contributed by atoms with Crippen LogP contribution >= 0.6 is 45.8 Å². The molecule has 2 unspecified atom stereocenters. The molecule has 0 nitrogen and oxygen atoms in total. The molecule has 0 aliphatic heterocycles. The topological polar surface area (TPSA) is 0 Å². The van der Waals surface area contributed by atoms with Gasteiger partial charge >= 0.3 is 12.4 Å². The maximum atomic E-state index is 12.4. The molecule has 0 aliphatic rings. The second-order valence-electron chi connectivity index (χ2n) is 2.72. The Bertz CT molecular complexity index is 235. The lowest BCUT2D eigenvalue weighted by molar-refractivity contribution is -0.208. The number of hydrogen-bond acceptors (Lipinski definition) is 0. The normalized spacial score (nSPS) is 22.0. The monoisotopic (exact) mass is 388 g/mol. The second-order valence-corrected chi connectivity index (χ2v) is 6.19. The van der Waals surface area contributed by atoms with Crippen molar-refractivity contribution < 1.29 is 26.3 Å². The highest BCUT2D eigenvalue weighted by Gasteiger charge is 2.73. The number of hydrogen-bond donors (Lipinski definition) is 0. The van der Waals surface area contributed by atoms with E-state index in [2.05, 4.69) is 0 Å². The summed E-state index contributed by atoms with van der Waals surface area (Å²) in [6.45, 7) is 0.891. The van der Waals surface area contributed by atoms with Crippen molar-refractivity contribution in [1.29, 1.82) is 0 Å². The molecular weight excluding hydrogens is 384 g/mol. The fourth-order valence-electron chi connectivity index (χ4n) is 0.825. The van der Waals surface area contributed by atoms with Gasteiger partial charge in [0.05, 0.1) is 0 Å².